The van der Waals surface area contributed by atoms with Crippen molar-refractivity contribution in [2.75, 3.05) is 5.32 Å². The number of hydrogen-bond acceptors (Lipinski definition) is 4. The van der Waals surface area contributed by atoms with Crippen LogP contribution < -0.4 is 10.9 Å². The van der Waals surface area contributed by atoms with E-state index in [0.29, 0.717) is 10.2 Å². The van der Waals surface area contributed by atoms with E-state index >= 15 is 0 Å². The van der Waals surface area contributed by atoms with Crippen LogP contribution in [0.4, 0.5) is 23.2 Å². The summed E-state index contributed by atoms with van der Waals surface area (Å²) in [6.45, 7) is 0. The number of aromatic nitrogens is 4. The van der Waals surface area contributed by atoms with E-state index in [1.165, 1.54) is 54.9 Å². The monoisotopic (exact) mass is 467 g/mol. The summed E-state index contributed by atoms with van der Waals surface area (Å²) in [7, 11) is 0. The maximum Gasteiger partial charge on any atom is 0.434 e. The molecule has 0 aliphatic heterocycles. The lowest BCUT2D eigenvalue weighted by atomic mass is 10.1. The van der Waals surface area contributed by atoms with Crippen molar-refractivity contribution < 1.29 is 22.4 Å². The predicted molar refractivity (Wildman–Crippen MR) is 116 cm³/mol. The molecule has 2 N–H and O–H groups in total. The number of nitrogens with zero attached hydrogens (tertiary/aromatic N) is 3. The van der Waals surface area contributed by atoms with Gasteiger partial charge in [0.25, 0.3) is 11.5 Å². The molecule has 2 aromatic carbocycles. The van der Waals surface area contributed by atoms with Crippen LogP contribution in [-0.2, 0) is 6.18 Å². The highest BCUT2D eigenvalue weighted by Crippen LogP contribution is 2.35. The summed E-state index contributed by atoms with van der Waals surface area (Å²) in [5.41, 5.74) is -2.23. The minimum absolute atomic E-state index is 0.0140. The second-order valence-electron chi connectivity index (χ2n) is 7.35. The summed E-state index contributed by atoms with van der Waals surface area (Å²) in [6.07, 6.45) is -1.64. The van der Waals surface area contributed by atoms with E-state index in [4.69, 9.17) is 0 Å². The molecule has 34 heavy (non-hydrogen) atoms. The Hall–Kier alpha value is -4.54. The number of carbonyl (C=O) groups is 1. The Balaban J connectivity index is 1.60. The van der Waals surface area contributed by atoms with Gasteiger partial charge in [0.2, 0.25) is 0 Å². The minimum Gasteiger partial charge on any atom is -0.329 e. The van der Waals surface area contributed by atoms with Gasteiger partial charge >= 0.3 is 6.18 Å². The van der Waals surface area contributed by atoms with E-state index in [2.05, 4.69) is 20.4 Å². The van der Waals surface area contributed by atoms with Gasteiger partial charge in [0.15, 0.2) is 5.69 Å². The number of halogens is 4. The van der Waals surface area contributed by atoms with Gasteiger partial charge in [-0.2, -0.15) is 18.3 Å². The van der Waals surface area contributed by atoms with Crippen molar-refractivity contribution in [3.63, 3.8) is 0 Å². The molecule has 0 aliphatic rings. The molecule has 5 aromatic rings. The normalized spacial score (nSPS) is 11.8. The smallest absolute Gasteiger partial charge is 0.329 e. The lowest BCUT2D eigenvalue weighted by Crippen LogP contribution is -2.21. The summed E-state index contributed by atoms with van der Waals surface area (Å²) in [5.74, 6) is -1.69. The maximum atomic E-state index is 14.1. The first-order valence-electron chi connectivity index (χ1n) is 9.85. The average Bonchev–Trinajstić information content (AvgIpc) is 3.26. The Bertz CT molecular complexity index is 1640. The molecule has 0 unspecified atom stereocenters. The highest BCUT2D eigenvalue weighted by atomic mass is 19.4. The van der Waals surface area contributed by atoms with E-state index in [1.807, 2.05) is 0 Å². The van der Waals surface area contributed by atoms with Crippen LogP contribution in [0, 0.1) is 5.82 Å². The average molecular weight is 467 g/mol. The van der Waals surface area contributed by atoms with Gasteiger partial charge in [0.1, 0.15) is 5.82 Å². The van der Waals surface area contributed by atoms with E-state index in [0.717, 1.165) is 6.20 Å². The zero-order valence-corrected chi connectivity index (χ0v) is 17.0. The summed E-state index contributed by atoms with van der Waals surface area (Å²) >= 11 is 0. The standard InChI is InChI=1S/C23H13F4N5O2/c24-17-4-2-5-18-15(17)9-12(10-29-18)31-22(34)16-11-30-32(20(16)23(25,26)27)19-6-1-3-14-13(19)7-8-28-21(14)33/h1-11H,(H,28,33)(H,31,34). The van der Waals surface area contributed by atoms with Crippen molar-refractivity contribution in [1.82, 2.24) is 19.7 Å². The van der Waals surface area contributed by atoms with Crippen molar-refractivity contribution in [2.45, 2.75) is 6.18 Å². The molecule has 1 amide bonds. The van der Waals surface area contributed by atoms with Crippen LogP contribution >= 0.6 is 0 Å². The summed E-state index contributed by atoms with van der Waals surface area (Å²) in [4.78, 5) is 31.4. The molecule has 0 saturated carbocycles. The molecular formula is C23H13F4N5O2. The largest absolute Gasteiger partial charge is 0.434 e. The molecule has 0 fully saturated rings. The number of nitrogens with one attached hydrogen (secondary N) is 2. The number of amides is 1. The molecule has 0 aliphatic carbocycles. The lowest BCUT2D eigenvalue weighted by molar-refractivity contribution is -0.143. The van der Waals surface area contributed by atoms with Crippen LogP contribution in [0.25, 0.3) is 27.4 Å². The fourth-order valence-corrected chi connectivity index (χ4v) is 3.74. The fraction of sp³-hybridized carbons (Fsp3) is 0.0435. The quantitative estimate of drug-likeness (QED) is 0.377. The Kier molecular flexibility index (Phi) is 4.89. The first-order valence-corrected chi connectivity index (χ1v) is 9.85. The second kappa shape index (κ2) is 7.80. The van der Waals surface area contributed by atoms with Crippen LogP contribution in [0.5, 0.6) is 0 Å². The third-order valence-corrected chi connectivity index (χ3v) is 5.23. The van der Waals surface area contributed by atoms with Gasteiger partial charge < -0.3 is 10.3 Å². The van der Waals surface area contributed by atoms with Gasteiger partial charge in [-0.3, -0.25) is 14.6 Å². The number of pyridine rings is 2. The first-order chi connectivity index (χ1) is 16.2. The highest BCUT2D eigenvalue weighted by Gasteiger charge is 2.41. The Morgan fingerprint density at radius 3 is 2.59 bits per heavy atom. The van der Waals surface area contributed by atoms with Gasteiger partial charge in [-0.15, -0.1) is 0 Å². The maximum absolute atomic E-state index is 14.1. The molecule has 0 atom stereocenters. The number of hydrogen-bond donors (Lipinski definition) is 2. The Morgan fingerprint density at radius 2 is 1.79 bits per heavy atom. The first kappa shape index (κ1) is 21.3. The number of alkyl halides is 3. The topological polar surface area (TPSA) is 92.7 Å². The number of anilines is 1. The van der Waals surface area contributed by atoms with Crippen molar-refractivity contribution in [3.05, 3.63) is 94.5 Å². The number of aromatic amines is 1. The molecule has 170 valence electrons. The van der Waals surface area contributed by atoms with Gasteiger partial charge in [-0.05, 0) is 36.4 Å². The molecule has 3 aromatic heterocycles. The Labute approximate surface area is 187 Å². The van der Waals surface area contributed by atoms with E-state index in [1.54, 1.807) is 6.07 Å². The van der Waals surface area contributed by atoms with Crippen molar-refractivity contribution in [2.24, 2.45) is 0 Å². The van der Waals surface area contributed by atoms with Crippen LogP contribution in [0.1, 0.15) is 16.1 Å². The Morgan fingerprint density at radius 1 is 1.00 bits per heavy atom. The van der Waals surface area contributed by atoms with Crippen molar-refractivity contribution >= 4 is 33.3 Å². The molecule has 0 bridgehead atoms. The third-order valence-electron chi connectivity index (χ3n) is 5.23. The van der Waals surface area contributed by atoms with Crippen LogP contribution in [-0.4, -0.2) is 25.7 Å². The number of H-pyrrole nitrogens is 1. The molecule has 7 nitrogen and oxygen atoms in total. The van der Waals surface area contributed by atoms with Gasteiger partial charge in [0.05, 0.1) is 34.8 Å². The molecular weight excluding hydrogens is 454 g/mol. The SMILES string of the molecule is O=C(Nc1cnc2cccc(F)c2c1)c1cnn(-c2cccc3c(=O)[nH]ccc23)c1C(F)(F)F. The molecule has 0 spiro atoms. The van der Waals surface area contributed by atoms with Gasteiger partial charge in [-0.1, -0.05) is 12.1 Å². The number of rotatable bonds is 3. The third kappa shape index (κ3) is 3.56. The van der Waals surface area contributed by atoms with E-state index < -0.39 is 34.7 Å². The second-order valence-corrected chi connectivity index (χ2v) is 7.35. The van der Waals surface area contributed by atoms with Crippen LogP contribution in [0.3, 0.4) is 0 Å². The number of carbonyl (C=O) groups excluding carboxylic acids is 1. The van der Waals surface area contributed by atoms with E-state index in [9.17, 15) is 27.2 Å². The van der Waals surface area contributed by atoms with Gasteiger partial charge in [0, 0.05) is 22.4 Å². The zero-order chi connectivity index (χ0) is 24.0. The molecule has 5 rings (SSSR count). The van der Waals surface area contributed by atoms with Crippen LogP contribution in [0.2, 0.25) is 0 Å². The minimum atomic E-state index is -4.96. The number of fused-ring (bicyclic) bond motifs is 2. The summed E-state index contributed by atoms with van der Waals surface area (Å²) in [5, 5.41) is 6.63. The molecule has 11 heteroatoms. The fourth-order valence-electron chi connectivity index (χ4n) is 3.74. The molecule has 0 saturated heterocycles. The molecule has 0 radical (unpaired) electrons. The zero-order valence-electron chi connectivity index (χ0n) is 17.0. The number of benzene rings is 2. The molecule has 3 heterocycles. The summed E-state index contributed by atoms with van der Waals surface area (Å²) < 4.78 is 56.9. The highest BCUT2D eigenvalue weighted by molar-refractivity contribution is 6.06. The lowest BCUT2D eigenvalue weighted by Gasteiger charge is -2.14. The van der Waals surface area contributed by atoms with E-state index in [-0.39, 0.29) is 27.5 Å². The summed E-state index contributed by atoms with van der Waals surface area (Å²) in [6, 6.07) is 11.2. The van der Waals surface area contributed by atoms with Crippen molar-refractivity contribution in [3.8, 4) is 5.69 Å². The van der Waals surface area contributed by atoms with Gasteiger partial charge in [-0.25, -0.2) is 9.07 Å². The van der Waals surface area contributed by atoms with Crippen LogP contribution in [0.15, 0.2) is 71.9 Å². The predicted octanol–water partition coefficient (Wildman–Crippen LogP) is 4.67. The van der Waals surface area contributed by atoms with Crippen molar-refractivity contribution in [1.29, 1.82) is 0 Å².